The van der Waals surface area contributed by atoms with Crippen LogP contribution in [0.15, 0.2) is 18.6 Å². The van der Waals surface area contributed by atoms with Gasteiger partial charge in [-0.3, -0.25) is 0 Å². The van der Waals surface area contributed by atoms with Crippen LogP contribution >= 0.6 is 0 Å². The van der Waals surface area contributed by atoms with E-state index in [1.807, 2.05) is 0 Å². The third-order valence-electron chi connectivity index (χ3n) is 4.42. The van der Waals surface area contributed by atoms with Gasteiger partial charge >= 0.3 is 0 Å². The molecule has 1 aliphatic carbocycles. The van der Waals surface area contributed by atoms with E-state index >= 15 is 0 Å². The van der Waals surface area contributed by atoms with Crippen LogP contribution in [0.25, 0.3) is 5.69 Å². The lowest BCUT2D eigenvalue weighted by Gasteiger charge is -2.32. The van der Waals surface area contributed by atoms with Crippen molar-refractivity contribution in [3.05, 3.63) is 18.6 Å². The van der Waals surface area contributed by atoms with Gasteiger partial charge in [0.1, 0.15) is 5.69 Å². The van der Waals surface area contributed by atoms with Gasteiger partial charge in [0.05, 0.1) is 24.7 Å². The predicted octanol–water partition coefficient (Wildman–Crippen LogP) is 2.23. The van der Waals surface area contributed by atoms with E-state index in [-0.39, 0.29) is 17.7 Å². The minimum atomic E-state index is -0.282. The second-order valence-electron chi connectivity index (χ2n) is 7.85. The first-order valence-electron chi connectivity index (χ1n) is 8.78. The summed E-state index contributed by atoms with van der Waals surface area (Å²) in [5.41, 5.74) is 0.604. The van der Waals surface area contributed by atoms with E-state index in [2.05, 4.69) is 58.6 Å². The fraction of sp³-hybridized carbons (Fsp3) is 0.647. The number of nitrogens with one attached hydrogen (secondary N) is 2. The summed E-state index contributed by atoms with van der Waals surface area (Å²) in [6.07, 6.45) is 7.55. The molecule has 1 fully saturated rings. The first-order chi connectivity index (χ1) is 11.8. The maximum Gasteiger partial charge on any atom is 0.225 e. The molecule has 0 unspecified atom stereocenters. The van der Waals surface area contributed by atoms with Gasteiger partial charge < -0.3 is 15.7 Å². The number of hydrogen-bond donors (Lipinski definition) is 3. The summed E-state index contributed by atoms with van der Waals surface area (Å²) in [5, 5.41) is 24.9. The predicted molar refractivity (Wildman–Crippen MR) is 96.8 cm³/mol. The molecule has 0 bridgehead atoms. The van der Waals surface area contributed by atoms with E-state index in [9.17, 15) is 5.11 Å². The molecule has 25 heavy (non-hydrogen) atoms. The van der Waals surface area contributed by atoms with E-state index in [4.69, 9.17) is 0 Å². The zero-order valence-corrected chi connectivity index (χ0v) is 15.3. The second kappa shape index (κ2) is 6.95. The molecule has 1 aliphatic rings. The van der Waals surface area contributed by atoms with Crippen molar-refractivity contribution in [1.82, 2.24) is 25.0 Å². The lowest BCUT2D eigenvalue weighted by molar-refractivity contribution is 0.0739. The molecule has 0 aliphatic heterocycles. The van der Waals surface area contributed by atoms with Crippen LogP contribution in [0.1, 0.15) is 47.0 Å². The van der Waals surface area contributed by atoms with Crippen LogP contribution in [0.2, 0.25) is 0 Å². The maximum absolute atomic E-state index is 10.2. The normalized spacial score (nSPS) is 24.1. The zero-order chi connectivity index (χ0) is 18.0. The molecule has 2 heterocycles. The highest BCUT2D eigenvalue weighted by molar-refractivity contribution is 5.57. The molecular weight excluding hydrogens is 318 g/mol. The van der Waals surface area contributed by atoms with Crippen LogP contribution in [0.3, 0.4) is 0 Å². The molecule has 8 heteroatoms. The number of rotatable bonds is 4. The quantitative estimate of drug-likeness (QED) is 0.781. The Labute approximate surface area is 148 Å². The highest BCUT2D eigenvalue weighted by Gasteiger charge is 2.27. The van der Waals surface area contributed by atoms with Crippen molar-refractivity contribution in [2.24, 2.45) is 5.92 Å². The second-order valence-corrected chi connectivity index (χ2v) is 7.85. The van der Waals surface area contributed by atoms with Crippen molar-refractivity contribution >= 4 is 11.8 Å². The summed E-state index contributed by atoms with van der Waals surface area (Å²) in [4.78, 5) is 9.05. The lowest BCUT2D eigenvalue weighted by atomic mass is 9.85. The lowest BCUT2D eigenvalue weighted by Crippen LogP contribution is -2.35. The smallest absolute Gasteiger partial charge is 0.225 e. The molecular formula is C17H27N7O. The Balaban J connectivity index is 1.87. The Morgan fingerprint density at radius 3 is 2.72 bits per heavy atom. The van der Waals surface area contributed by atoms with Crippen molar-refractivity contribution in [3.63, 3.8) is 0 Å². The van der Waals surface area contributed by atoms with E-state index in [1.54, 1.807) is 23.3 Å². The van der Waals surface area contributed by atoms with Crippen molar-refractivity contribution in [3.8, 4) is 5.69 Å². The molecule has 2 aromatic rings. The summed E-state index contributed by atoms with van der Waals surface area (Å²) in [7, 11) is 0. The maximum atomic E-state index is 10.2. The molecule has 1 saturated carbocycles. The van der Waals surface area contributed by atoms with Gasteiger partial charge in [-0.15, -0.1) is 5.10 Å². The summed E-state index contributed by atoms with van der Waals surface area (Å²) in [6.45, 7) is 8.28. The van der Waals surface area contributed by atoms with Crippen LogP contribution in [-0.4, -0.2) is 47.8 Å². The van der Waals surface area contributed by atoms with Crippen LogP contribution in [0.4, 0.5) is 11.8 Å². The van der Waals surface area contributed by atoms with Crippen LogP contribution in [0.5, 0.6) is 0 Å². The molecule has 0 spiro atoms. The number of hydrogen-bond acceptors (Lipinski definition) is 7. The third kappa shape index (κ3) is 4.45. The van der Waals surface area contributed by atoms with E-state index in [1.165, 1.54) is 0 Å². The topological polar surface area (TPSA) is 101 Å². The van der Waals surface area contributed by atoms with Gasteiger partial charge in [-0.05, 0) is 46.0 Å². The molecule has 0 aromatic carbocycles. The van der Waals surface area contributed by atoms with Crippen LogP contribution < -0.4 is 10.6 Å². The summed E-state index contributed by atoms with van der Waals surface area (Å²) in [6, 6.07) is 0.172. The van der Waals surface area contributed by atoms with Crippen molar-refractivity contribution in [1.29, 1.82) is 0 Å². The summed E-state index contributed by atoms with van der Waals surface area (Å²) in [5.74, 6) is 1.60. The minimum absolute atomic E-state index is 0.136. The van der Waals surface area contributed by atoms with Gasteiger partial charge in [-0.1, -0.05) is 12.1 Å². The molecule has 0 amide bonds. The standard InChI is InChI=1S/C17H27N7O/c1-11-5-6-12(9-14(11)25)20-15-13(24-8-7-19-23-24)10-18-16(21-15)22-17(2,3)4/h7-8,10-12,14,25H,5-6,9H2,1-4H3,(H2,18,20,21,22)/t11-,12-,14-/m1/s1. The average molecular weight is 345 g/mol. The summed E-state index contributed by atoms with van der Waals surface area (Å²) < 4.78 is 1.64. The Kier molecular flexibility index (Phi) is 4.89. The van der Waals surface area contributed by atoms with Crippen molar-refractivity contribution in [2.45, 2.75) is 64.6 Å². The number of aliphatic hydroxyl groups excluding tert-OH is 1. The van der Waals surface area contributed by atoms with Gasteiger partial charge in [0, 0.05) is 11.6 Å². The largest absolute Gasteiger partial charge is 0.393 e. The molecule has 0 radical (unpaired) electrons. The Bertz CT molecular complexity index is 696. The minimum Gasteiger partial charge on any atom is -0.393 e. The Morgan fingerprint density at radius 1 is 1.28 bits per heavy atom. The molecule has 0 saturated heterocycles. The first kappa shape index (κ1) is 17.6. The number of aromatic nitrogens is 5. The zero-order valence-electron chi connectivity index (χ0n) is 15.3. The van der Waals surface area contributed by atoms with Crippen molar-refractivity contribution in [2.75, 3.05) is 10.6 Å². The first-order valence-corrected chi connectivity index (χ1v) is 8.78. The van der Waals surface area contributed by atoms with Gasteiger partial charge in [-0.2, -0.15) is 4.98 Å². The number of aliphatic hydroxyl groups is 1. The monoisotopic (exact) mass is 345 g/mol. The van der Waals surface area contributed by atoms with E-state index < -0.39 is 0 Å². The fourth-order valence-corrected chi connectivity index (χ4v) is 3.00. The van der Waals surface area contributed by atoms with Crippen LogP contribution in [0, 0.1) is 5.92 Å². The van der Waals surface area contributed by atoms with Crippen molar-refractivity contribution < 1.29 is 5.11 Å². The molecule has 2 aromatic heterocycles. The third-order valence-corrected chi connectivity index (χ3v) is 4.42. The van der Waals surface area contributed by atoms with Crippen LogP contribution in [-0.2, 0) is 0 Å². The SMILES string of the molecule is C[C@@H]1CC[C@@H](Nc2nc(NC(C)(C)C)ncc2-n2ccnn2)C[C@H]1O. The molecule has 136 valence electrons. The molecule has 3 N–H and O–H groups in total. The summed E-state index contributed by atoms with van der Waals surface area (Å²) >= 11 is 0. The average Bonchev–Trinajstić information content (AvgIpc) is 3.04. The number of nitrogens with zero attached hydrogens (tertiary/aromatic N) is 5. The Hall–Kier alpha value is -2.22. The van der Waals surface area contributed by atoms with Gasteiger partial charge in [0.2, 0.25) is 5.95 Å². The molecule has 8 nitrogen and oxygen atoms in total. The van der Waals surface area contributed by atoms with Gasteiger partial charge in [0.15, 0.2) is 5.82 Å². The Morgan fingerprint density at radius 2 is 2.08 bits per heavy atom. The molecule has 3 rings (SSSR count). The van der Waals surface area contributed by atoms with Gasteiger partial charge in [0.25, 0.3) is 0 Å². The highest BCUT2D eigenvalue weighted by Crippen LogP contribution is 2.28. The molecule has 3 atom stereocenters. The van der Waals surface area contributed by atoms with Gasteiger partial charge in [-0.25, -0.2) is 9.67 Å². The van der Waals surface area contributed by atoms with E-state index in [0.29, 0.717) is 24.1 Å². The highest BCUT2D eigenvalue weighted by atomic mass is 16.3. The van der Waals surface area contributed by atoms with E-state index in [0.717, 1.165) is 18.5 Å². The number of anilines is 2. The fourth-order valence-electron chi connectivity index (χ4n) is 3.00.